The number of methoxy groups -OCH3 is 1. The predicted octanol–water partition coefficient (Wildman–Crippen LogP) is 3.41. The molecule has 0 saturated heterocycles. The average molecular weight is 327 g/mol. The van der Waals surface area contributed by atoms with Crippen LogP contribution in [-0.4, -0.2) is 24.9 Å². The maximum atomic E-state index is 11.4. The molecule has 116 valence electrons. The third kappa shape index (κ3) is 2.51. The zero-order valence-electron chi connectivity index (χ0n) is 12.4. The molecule has 6 heteroatoms. The Balaban J connectivity index is 1.75. The Bertz CT molecular complexity index is 903. The zero-order valence-corrected chi connectivity index (χ0v) is 13.2. The largest absolute Gasteiger partial charge is 0.469 e. The molecule has 0 unspecified atom stereocenters. The fourth-order valence-corrected chi connectivity index (χ4v) is 3.58. The lowest BCUT2D eigenvalue weighted by molar-refractivity contribution is -0.139. The maximum absolute atomic E-state index is 11.4. The van der Waals surface area contributed by atoms with Crippen molar-refractivity contribution in [3.63, 3.8) is 0 Å². The summed E-state index contributed by atoms with van der Waals surface area (Å²) < 4.78 is 16.7. The molecule has 1 aromatic heterocycles. The molecule has 3 aromatic rings. The highest BCUT2D eigenvalue weighted by Crippen LogP contribution is 2.43. The summed E-state index contributed by atoms with van der Waals surface area (Å²) in [4.78, 5) is 16.1. The number of hydrogen-bond donors (Lipinski definition) is 0. The molecule has 0 amide bonds. The summed E-state index contributed by atoms with van der Waals surface area (Å²) in [5.74, 6) is 1.23. The molecule has 5 nitrogen and oxygen atoms in total. The van der Waals surface area contributed by atoms with Crippen molar-refractivity contribution in [1.82, 2.24) is 4.98 Å². The van der Waals surface area contributed by atoms with Crippen LogP contribution in [0.1, 0.15) is 5.56 Å². The van der Waals surface area contributed by atoms with Gasteiger partial charge in [-0.1, -0.05) is 12.1 Å². The van der Waals surface area contributed by atoms with Gasteiger partial charge in [0, 0.05) is 0 Å². The highest BCUT2D eigenvalue weighted by molar-refractivity contribution is 7.21. The van der Waals surface area contributed by atoms with Crippen molar-refractivity contribution in [2.24, 2.45) is 0 Å². The van der Waals surface area contributed by atoms with Gasteiger partial charge in [0.1, 0.15) is 5.01 Å². The Morgan fingerprint density at radius 1 is 1.30 bits per heavy atom. The second kappa shape index (κ2) is 5.55. The number of carbonyl (C=O) groups is 1. The molecule has 0 aliphatic carbocycles. The van der Waals surface area contributed by atoms with Crippen LogP contribution in [0.15, 0.2) is 36.4 Å². The van der Waals surface area contributed by atoms with E-state index in [0.29, 0.717) is 0 Å². The highest BCUT2D eigenvalue weighted by Gasteiger charge is 2.20. The molecule has 0 bridgehead atoms. The van der Waals surface area contributed by atoms with Gasteiger partial charge in [-0.05, 0) is 29.8 Å². The quantitative estimate of drug-likeness (QED) is 0.690. The fraction of sp³-hybridized carbons (Fsp3) is 0.176. The Labute approximate surface area is 136 Å². The number of thiazole rings is 1. The lowest BCUT2D eigenvalue weighted by Gasteiger charge is -2.01. The number of nitrogens with zero attached hydrogens (tertiary/aromatic N) is 1. The molecular weight excluding hydrogens is 314 g/mol. The van der Waals surface area contributed by atoms with Gasteiger partial charge in [0.2, 0.25) is 6.79 Å². The maximum Gasteiger partial charge on any atom is 0.309 e. The number of rotatable bonds is 3. The summed E-state index contributed by atoms with van der Waals surface area (Å²) in [6, 6.07) is 11.6. The lowest BCUT2D eigenvalue weighted by Crippen LogP contribution is -2.03. The number of esters is 1. The topological polar surface area (TPSA) is 57.7 Å². The van der Waals surface area contributed by atoms with E-state index in [4.69, 9.17) is 14.2 Å². The van der Waals surface area contributed by atoms with Crippen LogP contribution in [0.5, 0.6) is 11.5 Å². The summed E-state index contributed by atoms with van der Waals surface area (Å²) in [7, 11) is 1.39. The molecule has 0 fully saturated rings. The SMILES string of the molecule is COC(=O)Cc1ccc2nc(-c3cccc4c3OCO4)sc2c1. The van der Waals surface area contributed by atoms with E-state index in [9.17, 15) is 4.79 Å². The Morgan fingerprint density at radius 3 is 3.09 bits per heavy atom. The molecule has 0 atom stereocenters. The van der Waals surface area contributed by atoms with Crippen LogP contribution in [0.25, 0.3) is 20.8 Å². The van der Waals surface area contributed by atoms with Crippen molar-refractivity contribution < 1.29 is 19.0 Å². The minimum atomic E-state index is -0.250. The number of para-hydroxylation sites is 1. The van der Waals surface area contributed by atoms with Gasteiger partial charge in [-0.25, -0.2) is 4.98 Å². The second-order valence-corrected chi connectivity index (χ2v) is 6.14. The molecule has 0 saturated carbocycles. The van der Waals surface area contributed by atoms with E-state index in [2.05, 4.69) is 4.98 Å². The smallest absolute Gasteiger partial charge is 0.309 e. The number of benzene rings is 2. The van der Waals surface area contributed by atoms with E-state index in [-0.39, 0.29) is 19.2 Å². The minimum absolute atomic E-state index is 0.237. The molecule has 2 heterocycles. The van der Waals surface area contributed by atoms with Crippen molar-refractivity contribution in [2.75, 3.05) is 13.9 Å². The van der Waals surface area contributed by atoms with Gasteiger partial charge in [-0.15, -0.1) is 11.3 Å². The van der Waals surface area contributed by atoms with Gasteiger partial charge in [0.05, 0.1) is 29.3 Å². The first-order chi connectivity index (χ1) is 11.2. The van der Waals surface area contributed by atoms with E-state index >= 15 is 0 Å². The number of carbonyl (C=O) groups excluding carboxylic acids is 1. The summed E-state index contributed by atoms with van der Waals surface area (Å²) in [5.41, 5.74) is 2.74. The van der Waals surface area contributed by atoms with E-state index in [1.165, 1.54) is 7.11 Å². The first kappa shape index (κ1) is 14.0. The van der Waals surface area contributed by atoms with Gasteiger partial charge in [-0.3, -0.25) is 4.79 Å². The molecular formula is C17H13NO4S. The van der Waals surface area contributed by atoms with Gasteiger partial charge < -0.3 is 14.2 Å². The van der Waals surface area contributed by atoms with E-state index < -0.39 is 0 Å². The first-order valence-corrected chi connectivity index (χ1v) is 7.91. The van der Waals surface area contributed by atoms with Crippen LogP contribution in [0.2, 0.25) is 0 Å². The summed E-state index contributed by atoms with van der Waals surface area (Å²) in [6.07, 6.45) is 0.261. The molecule has 23 heavy (non-hydrogen) atoms. The second-order valence-electron chi connectivity index (χ2n) is 5.11. The van der Waals surface area contributed by atoms with Crippen LogP contribution in [0, 0.1) is 0 Å². The van der Waals surface area contributed by atoms with Gasteiger partial charge in [0.15, 0.2) is 11.5 Å². The van der Waals surface area contributed by atoms with E-state index in [1.807, 2.05) is 36.4 Å². The fourth-order valence-electron chi connectivity index (χ4n) is 2.53. The van der Waals surface area contributed by atoms with Gasteiger partial charge >= 0.3 is 5.97 Å². The van der Waals surface area contributed by atoms with Gasteiger partial charge in [0.25, 0.3) is 0 Å². The minimum Gasteiger partial charge on any atom is -0.469 e. The first-order valence-electron chi connectivity index (χ1n) is 7.10. The summed E-state index contributed by atoms with van der Waals surface area (Å²) in [6.45, 7) is 0.237. The molecule has 1 aliphatic heterocycles. The number of fused-ring (bicyclic) bond motifs is 2. The molecule has 0 radical (unpaired) electrons. The van der Waals surface area contributed by atoms with E-state index in [0.717, 1.165) is 37.9 Å². The average Bonchev–Trinajstić information content (AvgIpc) is 3.20. The highest BCUT2D eigenvalue weighted by atomic mass is 32.1. The van der Waals surface area contributed by atoms with Crippen molar-refractivity contribution in [2.45, 2.75) is 6.42 Å². The Hall–Kier alpha value is -2.60. The van der Waals surface area contributed by atoms with Gasteiger partial charge in [-0.2, -0.15) is 0 Å². The molecule has 2 aromatic carbocycles. The molecule has 0 spiro atoms. The van der Waals surface area contributed by atoms with Crippen LogP contribution < -0.4 is 9.47 Å². The monoisotopic (exact) mass is 327 g/mol. The Morgan fingerprint density at radius 2 is 2.22 bits per heavy atom. The Kier molecular flexibility index (Phi) is 3.38. The van der Waals surface area contributed by atoms with Crippen molar-refractivity contribution in [3.05, 3.63) is 42.0 Å². The third-order valence-corrected chi connectivity index (χ3v) is 4.71. The van der Waals surface area contributed by atoms with Crippen molar-refractivity contribution >= 4 is 27.5 Å². The van der Waals surface area contributed by atoms with E-state index in [1.54, 1.807) is 11.3 Å². The third-order valence-electron chi connectivity index (χ3n) is 3.66. The van der Waals surface area contributed by atoms with Crippen LogP contribution in [-0.2, 0) is 16.0 Å². The standard InChI is InChI=1S/C17H13NO4S/c1-20-15(19)8-10-5-6-12-14(7-10)23-17(18-12)11-3-2-4-13-16(11)22-9-21-13/h2-7H,8-9H2,1H3. The molecule has 4 rings (SSSR count). The summed E-state index contributed by atoms with van der Waals surface area (Å²) >= 11 is 1.57. The zero-order chi connectivity index (χ0) is 15.8. The normalized spacial score (nSPS) is 12.6. The number of ether oxygens (including phenoxy) is 3. The molecule has 0 N–H and O–H groups in total. The van der Waals surface area contributed by atoms with Crippen molar-refractivity contribution in [3.8, 4) is 22.1 Å². The number of aromatic nitrogens is 1. The van der Waals surface area contributed by atoms with Crippen LogP contribution in [0.3, 0.4) is 0 Å². The summed E-state index contributed by atoms with van der Waals surface area (Å²) in [5, 5.41) is 0.873. The lowest BCUT2D eigenvalue weighted by atomic mass is 10.1. The van der Waals surface area contributed by atoms with Crippen LogP contribution >= 0.6 is 11.3 Å². The number of hydrogen-bond acceptors (Lipinski definition) is 6. The molecule has 1 aliphatic rings. The predicted molar refractivity (Wildman–Crippen MR) is 86.9 cm³/mol. The van der Waals surface area contributed by atoms with Crippen molar-refractivity contribution in [1.29, 1.82) is 0 Å². The van der Waals surface area contributed by atoms with Crippen LogP contribution in [0.4, 0.5) is 0 Å².